The number of methoxy groups -OCH3 is 1. The fourth-order valence-electron chi connectivity index (χ4n) is 4.44. The number of hydrogen-bond acceptors (Lipinski definition) is 4. The third kappa shape index (κ3) is 3.64. The van der Waals surface area contributed by atoms with E-state index in [1.54, 1.807) is 7.11 Å². The van der Waals surface area contributed by atoms with Gasteiger partial charge in [0.1, 0.15) is 11.7 Å². The van der Waals surface area contributed by atoms with Crippen molar-refractivity contribution in [1.82, 2.24) is 15.0 Å². The summed E-state index contributed by atoms with van der Waals surface area (Å²) in [4.78, 5) is 14.2. The predicted octanol–water partition coefficient (Wildman–Crippen LogP) is 0.357. The molecule has 0 radical (unpaired) electrons. The molecule has 2 aromatic rings. The second kappa shape index (κ2) is 7.55. The second-order valence-electron chi connectivity index (χ2n) is 7.42. The Hall–Kier alpha value is -2.25. The lowest BCUT2D eigenvalue weighted by Crippen LogP contribution is -3.20. The lowest BCUT2D eigenvalue weighted by molar-refractivity contribution is -0.945. The summed E-state index contributed by atoms with van der Waals surface area (Å²) in [5.74, 6) is 0.734. The zero-order chi connectivity index (χ0) is 17.9. The summed E-state index contributed by atoms with van der Waals surface area (Å²) >= 11 is 0. The van der Waals surface area contributed by atoms with Crippen LogP contribution in [0.4, 0.5) is 5.69 Å². The maximum absolute atomic E-state index is 12.7. The molecule has 0 saturated carbocycles. The van der Waals surface area contributed by atoms with E-state index in [1.165, 1.54) is 4.90 Å². The molecule has 7 nitrogen and oxygen atoms in total. The van der Waals surface area contributed by atoms with Crippen LogP contribution in [0.25, 0.3) is 0 Å². The zero-order valence-corrected chi connectivity index (χ0v) is 15.1. The number of piperidine rings is 3. The van der Waals surface area contributed by atoms with Crippen LogP contribution in [0.2, 0.25) is 0 Å². The Morgan fingerprint density at radius 1 is 1.38 bits per heavy atom. The van der Waals surface area contributed by atoms with Crippen molar-refractivity contribution in [1.29, 1.82) is 0 Å². The highest BCUT2D eigenvalue weighted by atomic mass is 16.5. The highest BCUT2D eigenvalue weighted by molar-refractivity contribution is 5.92. The summed E-state index contributed by atoms with van der Waals surface area (Å²) in [6.45, 7) is 3.40. The number of ether oxygens (including phenoxy) is 1. The van der Waals surface area contributed by atoms with Gasteiger partial charge >= 0.3 is 0 Å². The van der Waals surface area contributed by atoms with Gasteiger partial charge in [0.2, 0.25) is 5.91 Å². The van der Waals surface area contributed by atoms with Crippen molar-refractivity contribution < 1.29 is 14.4 Å². The van der Waals surface area contributed by atoms with Gasteiger partial charge in [0.25, 0.3) is 0 Å². The maximum atomic E-state index is 12.7. The Morgan fingerprint density at radius 3 is 2.96 bits per heavy atom. The number of anilines is 1. The number of carbonyl (C=O) groups excluding carboxylic acids is 1. The van der Waals surface area contributed by atoms with Crippen LogP contribution in [0.1, 0.15) is 18.5 Å². The SMILES string of the molecule is COCc1cn(C[C@H]2C[C@@H]3CC[NH+]2C[C@@H]3C(=O)Nc2ccccc2)nn1. The minimum absolute atomic E-state index is 0.106. The lowest BCUT2D eigenvalue weighted by Gasteiger charge is -2.46. The Labute approximate surface area is 153 Å². The van der Waals surface area contributed by atoms with Gasteiger partial charge in [0.15, 0.2) is 0 Å². The summed E-state index contributed by atoms with van der Waals surface area (Å²) in [5, 5.41) is 11.4. The number of nitrogens with one attached hydrogen (secondary N) is 2. The number of aromatic nitrogens is 3. The van der Waals surface area contributed by atoms with Crippen LogP contribution in [-0.4, -0.2) is 47.1 Å². The fraction of sp³-hybridized carbons (Fsp3) is 0.526. The molecule has 1 aromatic heterocycles. The first kappa shape index (κ1) is 17.2. The van der Waals surface area contributed by atoms with Crippen LogP contribution in [0, 0.1) is 11.8 Å². The Balaban J connectivity index is 1.37. The molecule has 7 heteroatoms. The first-order valence-corrected chi connectivity index (χ1v) is 9.31. The molecule has 2 bridgehead atoms. The molecule has 26 heavy (non-hydrogen) atoms. The van der Waals surface area contributed by atoms with Crippen molar-refractivity contribution in [3.8, 4) is 0 Å². The molecule has 3 aliphatic rings. The molecule has 2 N–H and O–H groups in total. The molecule has 3 saturated heterocycles. The highest BCUT2D eigenvalue weighted by Gasteiger charge is 2.46. The quantitative estimate of drug-likeness (QED) is 0.784. The molecule has 1 unspecified atom stereocenters. The third-order valence-electron chi connectivity index (χ3n) is 5.72. The first-order valence-electron chi connectivity index (χ1n) is 9.31. The molecule has 0 spiro atoms. The van der Waals surface area contributed by atoms with Crippen molar-refractivity contribution in [2.24, 2.45) is 11.8 Å². The van der Waals surface area contributed by atoms with E-state index in [2.05, 4.69) is 15.6 Å². The van der Waals surface area contributed by atoms with Gasteiger partial charge in [-0.15, -0.1) is 5.10 Å². The smallest absolute Gasteiger partial charge is 0.233 e. The predicted molar refractivity (Wildman–Crippen MR) is 96.5 cm³/mol. The second-order valence-corrected chi connectivity index (χ2v) is 7.42. The minimum Gasteiger partial charge on any atom is -0.378 e. The van der Waals surface area contributed by atoms with E-state index in [9.17, 15) is 4.79 Å². The van der Waals surface area contributed by atoms with Crippen molar-refractivity contribution in [2.75, 3.05) is 25.5 Å². The largest absolute Gasteiger partial charge is 0.378 e. The number of benzene rings is 1. The van der Waals surface area contributed by atoms with Crippen molar-refractivity contribution in [2.45, 2.75) is 32.0 Å². The van der Waals surface area contributed by atoms with Crippen LogP contribution in [-0.2, 0) is 22.7 Å². The van der Waals surface area contributed by atoms with Gasteiger partial charge < -0.3 is 15.0 Å². The standard InChI is InChI=1S/C19H25N5O2/c1-26-13-16-10-24(22-21-16)11-17-9-14-7-8-23(17)12-18(14)19(25)20-15-5-3-2-4-6-15/h2-6,10,14,17-18H,7-9,11-13H2,1H3,(H,20,25)/p+1/t14-,17+,18-/m0/s1. The van der Waals surface area contributed by atoms with Gasteiger partial charge in [0, 0.05) is 25.6 Å². The van der Waals surface area contributed by atoms with E-state index >= 15 is 0 Å². The molecule has 3 aliphatic heterocycles. The van der Waals surface area contributed by atoms with Crippen LogP contribution in [0.15, 0.2) is 36.5 Å². The van der Waals surface area contributed by atoms with Gasteiger partial charge in [-0.05, 0) is 18.1 Å². The van der Waals surface area contributed by atoms with Crippen molar-refractivity contribution >= 4 is 11.6 Å². The molecular formula is C19H26N5O2+. The summed E-state index contributed by atoms with van der Waals surface area (Å²) < 4.78 is 7.03. The van der Waals surface area contributed by atoms with E-state index in [4.69, 9.17) is 4.74 Å². The molecule has 1 amide bonds. The summed E-state index contributed by atoms with van der Waals surface area (Å²) in [6.07, 6.45) is 4.17. The average molecular weight is 356 g/mol. The number of hydrogen-bond donors (Lipinski definition) is 2. The molecule has 1 aromatic carbocycles. The lowest BCUT2D eigenvalue weighted by atomic mass is 9.75. The number of para-hydroxylation sites is 1. The van der Waals surface area contributed by atoms with Gasteiger partial charge in [-0.25, -0.2) is 4.68 Å². The van der Waals surface area contributed by atoms with Gasteiger partial charge in [0.05, 0.1) is 38.4 Å². The van der Waals surface area contributed by atoms with Crippen LogP contribution in [0.3, 0.4) is 0 Å². The maximum Gasteiger partial charge on any atom is 0.233 e. The minimum atomic E-state index is 0.106. The van der Waals surface area contributed by atoms with E-state index in [0.29, 0.717) is 18.6 Å². The first-order chi connectivity index (χ1) is 12.7. The number of carbonyl (C=O) groups is 1. The third-order valence-corrected chi connectivity index (χ3v) is 5.72. The number of quaternary nitrogens is 1. The van der Waals surface area contributed by atoms with Crippen LogP contribution in [0.5, 0.6) is 0 Å². The number of amides is 1. The van der Waals surface area contributed by atoms with Crippen molar-refractivity contribution in [3.05, 3.63) is 42.2 Å². The van der Waals surface area contributed by atoms with E-state index < -0.39 is 0 Å². The van der Waals surface area contributed by atoms with E-state index in [1.807, 2.05) is 41.2 Å². The summed E-state index contributed by atoms with van der Waals surface area (Å²) in [5.41, 5.74) is 1.74. The fourth-order valence-corrected chi connectivity index (χ4v) is 4.44. The molecule has 0 aliphatic carbocycles. The van der Waals surface area contributed by atoms with E-state index in [-0.39, 0.29) is 11.8 Å². The van der Waals surface area contributed by atoms with Gasteiger partial charge in [-0.2, -0.15) is 0 Å². The monoisotopic (exact) mass is 356 g/mol. The summed E-state index contributed by atoms with van der Waals surface area (Å²) in [6, 6.07) is 10.2. The Bertz CT molecular complexity index is 747. The molecular weight excluding hydrogens is 330 g/mol. The Morgan fingerprint density at radius 2 is 2.23 bits per heavy atom. The van der Waals surface area contributed by atoms with Crippen LogP contribution < -0.4 is 10.2 Å². The van der Waals surface area contributed by atoms with Gasteiger partial charge in [-0.1, -0.05) is 23.4 Å². The van der Waals surface area contributed by atoms with Gasteiger partial charge in [-0.3, -0.25) is 4.79 Å². The number of nitrogens with zero attached hydrogens (tertiary/aromatic N) is 3. The molecule has 4 heterocycles. The number of rotatable bonds is 6. The zero-order valence-electron chi connectivity index (χ0n) is 15.1. The highest BCUT2D eigenvalue weighted by Crippen LogP contribution is 2.28. The normalized spacial score (nSPS) is 27.4. The molecule has 4 atom stereocenters. The molecule has 3 fully saturated rings. The number of fused-ring (bicyclic) bond motifs is 3. The average Bonchev–Trinajstić information content (AvgIpc) is 3.10. The van der Waals surface area contributed by atoms with Crippen LogP contribution >= 0.6 is 0 Å². The molecule has 5 rings (SSSR count). The molecule has 138 valence electrons. The topological polar surface area (TPSA) is 73.5 Å². The Kier molecular flexibility index (Phi) is 4.99. The summed E-state index contributed by atoms with van der Waals surface area (Å²) in [7, 11) is 1.66. The van der Waals surface area contributed by atoms with E-state index in [0.717, 1.165) is 43.9 Å². The van der Waals surface area contributed by atoms with Crippen molar-refractivity contribution in [3.63, 3.8) is 0 Å².